The highest BCUT2D eigenvalue weighted by molar-refractivity contribution is 4.49. The van der Waals surface area contributed by atoms with Crippen LogP contribution in [0.15, 0.2) is 0 Å². The lowest BCUT2D eigenvalue weighted by molar-refractivity contribution is -0.0164. The Kier molecular flexibility index (Phi) is 14.7. The van der Waals surface area contributed by atoms with Gasteiger partial charge in [0.15, 0.2) is 0 Å². The fraction of sp³-hybridized carbons (Fsp3) is 1.00. The first kappa shape index (κ1) is 17.8. The molecule has 18 heavy (non-hydrogen) atoms. The molecule has 0 aliphatic carbocycles. The van der Waals surface area contributed by atoms with Crippen molar-refractivity contribution in [2.45, 2.75) is 26.4 Å². The van der Waals surface area contributed by atoms with Gasteiger partial charge >= 0.3 is 0 Å². The highest BCUT2D eigenvalue weighted by Crippen LogP contribution is 1.98. The maximum Gasteiger partial charge on any atom is 0.0704 e. The zero-order valence-electron chi connectivity index (χ0n) is 12.0. The van der Waals surface area contributed by atoms with Crippen molar-refractivity contribution in [1.29, 1.82) is 0 Å². The van der Waals surface area contributed by atoms with Crippen molar-refractivity contribution in [3.05, 3.63) is 0 Å². The van der Waals surface area contributed by atoms with Gasteiger partial charge < -0.3 is 23.7 Å². The van der Waals surface area contributed by atoms with Crippen LogP contribution in [0.1, 0.15) is 20.3 Å². The second-order valence-electron chi connectivity index (χ2n) is 3.88. The summed E-state index contributed by atoms with van der Waals surface area (Å²) >= 11 is 0. The largest absolute Gasteiger partial charge is 0.382 e. The van der Waals surface area contributed by atoms with E-state index in [1.807, 2.05) is 13.8 Å². The van der Waals surface area contributed by atoms with Gasteiger partial charge in [-0.05, 0) is 20.3 Å². The first-order chi connectivity index (χ1) is 8.81. The molecular weight excluding hydrogens is 236 g/mol. The number of methoxy groups -OCH3 is 1. The third-order valence-electron chi connectivity index (χ3n) is 2.31. The van der Waals surface area contributed by atoms with Crippen molar-refractivity contribution in [1.82, 2.24) is 0 Å². The average molecular weight is 264 g/mol. The molecule has 0 aliphatic heterocycles. The summed E-state index contributed by atoms with van der Waals surface area (Å²) in [5.74, 6) is 0. The van der Waals surface area contributed by atoms with Crippen molar-refractivity contribution < 1.29 is 23.7 Å². The van der Waals surface area contributed by atoms with Gasteiger partial charge in [-0.3, -0.25) is 0 Å². The van der Waals surface area contributed by atoms with E-state index < -0.39 is 0 Å². The zero-order chi connectivity index (χ0) is 13.5. The fourth-order valence-corrected chi connectivity index (χ4v) is 1.25. The lowest BCUT2D eigenvalue weighted by Crippen LogP contribution is -2.16. The molecule has 0 bridgehead atoms. The monoisotopic (exact) mass is 264 g/mol. The van der Waals surface area contributed by atoms with Gasteiger partial charge in [0.05, 0.1) is 45.7 Å². The minimum absolute atomic E-state index is 0.197. The molecule has 110 valence electrons. The molecule has 1 unspecified atom stereocenters. The van der Waals surface area contributed by atoms with Crippen molar-refractivity contribution >= 4 is 0 Å². The SMILES string of the molecule is CCOCCOCCC(C)OCCOCCOC. The van der Waals surface area contributed by atoms with Crippen LogP contribution in [0.5, 0.6) is 0 Å². The molecule has 0 saturated heterocycles. The van der Waals surface area contributed by atoms with Crippen LogP contribution in [0.2, 0.25) is 0 Å². The van der Waals surface area contributed by atoms with E-state index >= 15 is 0 Å². The first-order valence-electron chi connectivity index (χ1n) is 6.65. The van der Waals surface area contributed by atoms with E-state index in [4.69, 9.17) is 23.7 Å². The lowest BCUT2D eigenvalue weighted by atomic mass is 10.3. The van der Waals surface area contributed by atoms with Crippen LogP contribution in [-0.2, 0) is 23.7 Å². The Labute approximate surface area is 111 Å². The molecule has 5 nitrogen and oxygen atoms in total. The van der Waals surface area contributed by atoms with E-state index in [1.54, 1.807) is 7.11 Å². The lowest BCUT2D eigenvalue weighted by Gasteiger charge is -2.13. The summed E-state index contributed by atoms with van der Waals surface area (Å²) < 4.78 is 26.3. The van der Waals surface area contributed by atoms with Crippen LogP contribution in [-0.4, -0.2) is 66.1 Å². The Hall–Kier alpha value is -0.200. The summed E-state index contributed by atoms with van der Waals surface area (Å²) in [7, 11) is 1.66. The van der Waals surface area contributed by atoms with Crippen LogP contribution in [0.3, 0.4) is 0 Å². The van der Waals surface area contributed by atoms with E-state index in [-0.39, 0.29) is 6.10 Å². The number of ether oxygens (including phenoxy) is 5. The van der Waals surface area contributed by atoms with Gasteiger partial charge in [0.2, 0.25) is 0 Å². The van der Waals surface area contributed by atoms with Crippen molar-refractivity contribution in [3.63, 3.8) is 0 Å². The van der Waals surface area contributed by atoms with Crippen LogP contribution in [0, 0.1) is 0 Å². The second-order valence-corrected chi connectivity index (χ2v) is 3.88. The highest BCUT2D eigenvalue weighted by atomic mass is 16.5. The molecule has 0 radical (unpaired) electrons. The Balaban J connectivity index is 3.10. The molecule has 0 N–H and O–H groups in total. The number of hydrogen-bond acceptors (Lipinski definition) is 5. The summed E-state index contributed by atoms with van der Waals surface area (Å²) in [5.41, 5.74) is 0. The molecule has 0 spiro atoms. The molecule has 5 heteroatoms. The van der Waals surface area contributed by atoms with Gasteiger partial charge in [0.25, 0.3) is 0 Å². The summed E-state index contributed by atoms with van der Waals surface area (Å²) in [6.45, 7) is 9.26. The summed E-state index contributed by atoms with van der Waals surface area (Å²) in [6.07, 6.45) is 1.09. The normalized spacial score (nSPS) is 12.8. The summed E-state index contributed by atoms with van der Waals surface area (Å²) in [4.78, 5) is 0. The maximum atomic E-state index is 5.57. The van der Waals surface area contributed by atoms with Crippen molar-refractivity contribution in [2.75, 3.05) is 60.0 Å². The number of hydrogen-bond donors (Lipinski definition) is 0. The summed E-state index contributed by atoms with van der Waals surface area (Å²) in [5, 5.41) is 0. The second kappa shape index (κ2) is 14.9. The maximum absolute atomic E-state index is 5.57. The van der Waals surface area contributed by atoms with Gasteiger partial charge in [0, 0.05) is 20.3 Å². The van der Waals surface area contributed by atoms with Crippen molar-refractivity contribution in [2.24, 2.45) is 0 Å². The fourth-order valence-electron chi connectivity index (χ4n) is 1.25. The molecule has 0 fully saturated rings. The first-order valence-corrected chi connectivity index (χ1v) is 6.65. The van der Waals surface area contributed by atoms with Gasteiger partial charge in [0.1, 0.15) is 0 Å². The number of rotatable bonds is 14. The van der Waals surface area contributed by atoms with Crippen molar-refractivity contribution in [3.8, 4) is 0 Å². The standard InChI is InChI=1S/C13H28O5/c1-4-15-9-10-16-6-5-13(2)18-12-11-17-8-7-14-3/h13H,4-12H2,1-3H3. The minimum Gasteiger partial charge on any atom is -0.382 e. The quantitative estimate of drug-likeness (QED) is 0.445. The van der Waals surface area contributed by atoms with Crippen LogP contribution >= 0.6 is 0 Å². The topological polar surface area (TPSA) is 46.2 Å². The van der Waals surface area contributed by atoms with E-state index in [2.05, 4.69) is 0 Å². The molecular formula is C13H28O5. The van der Waals surface area contributed by atoms with Gasteiger partial charge in [-0.15, -0.1) is 0 Å². The Morgan fingerprint density at radius 3 is 2.11 bits per heavy atom. The Bertz CT molecular complexity index is 138. The predicted octanol–water partition coefficient (Wildman–Crippen LogP) is 1.50. The van der Waals surface area contributed by atoms with Crippen LogP contribution in [0.25, 0.3) is 0 Å². The third kappa shape index (κ3) is 13.9. The average Bonchev–Trinajstić information content (AvgIpc) is 2.38. The molecule has 0 saturated carbocycles. The Morgan fingerprint density at radius 2 is 1.39 bits per heavy atom. The zero-order valence-corrected chi connectivity index (χ0v) is 12.0. The van der Waals surface area contributed by atoms with Gasteiger partial charge in [-0.1, -0.05) is 0 Å². The van der Waals surface area contributed by atoms with Crippen LogP contribution < -0.4 is 0 Å². The van der Waals surface area contributed by atoms with Gasteiger partial charge in [-0.25, -0.2) is 0 Å². The molecule has 0 heterocycles. The van der Waals surface area contributed by atoms with E-state index in [9.17, 15) is 0 Å². The van der Waals surface area contributed by atoms with Crippen LogP contribution in [0.4, 0.5) is 0 Å². The van der Waals surface area contributed by atoms with E-state index in [0.29, 0.717) is 46.2 Å². The van der Waals surface area contributed by atoms with E-state index in [0.717, 1.165) is 13.0 Å². The molecule has 0 rings (SSSR count). The minimum atomic E-state index is 0.197. The van der Waals surface area contributed by atoms with E-state index in [1.165, 1.54) is 0 Å². The smallest absolute Gasteiger partial charge is 0.0704 e. The van der Waals surface area contributed by atoms with Gasteiger partial charge in [-0.2, -0.15) is 0 Å². The predicted molar refractivity (Wildman–Crippen MR) is 70.0 cm³/mol. The molecule has 0 aliphatic rings. The third-order valence-corrected chi connectivity index (χ3v) is 2.31. The molecule has 0 aromatic rings. The Morgan fingerprint density at radius 1 is 0.778 bits per heavy atom. The highest BCUT2D eigenvalue weighted by Gasteiger charge is 2.01. The molecule has 0 amide bonds. The summed E-state index contributed by atoms with van der Waals surface area (Å²) in [6, 6.07) is 0. The molecule has 1 atom stereocenters. The molecule has 0 aromatic carbocycles. The molecule has 0 aromatic heterocycles.